The van der Waals surface area contributed by atoms with Crippen LogP contribution in [0.15, 0.2) is 36.7 Å². The molecule has 1 aromatic carbocycles. The van der Waals surface area contributed by atoms with E-state index >= 15 is 0 Å². The first-order valence-corrected chi connectivity index (χ1v) is 4.67. The summed E-state index contributed by atoms with van der Waals surface area (Å²) in [5.41, 5.74) is 6.27. The number of benzene rings is 1. The second-order valence-corrected chi connectivity index (χ2v) is 3.07. The van der Waals surface area contributed by atoms with Gasteiger partial charge in [0, 0.05) is 11.8 Å². The number of ether oxygens (including phenoxy) is 2. The number of methoxy groups -OCH3 is 1. The third-order valence-electron chi connectivity index (χ3n) is 1.91. The van der Waals surface area contributed by atoms with Crippen LogP contribution in [0.5, 0.6) is 17.5 Å². The molecule has 0 saturated carbocycles. The van der Waals surface area contributed by atoms with Gasteiger partial charge in [-0.3, -0.25) is 0 Å². The average molecular weight is 217 g/mol. The topological polar surface area (TPSA) is 70.3 Å². The predicted octanol–water partition coefficient (Wildman–Crippen LogP) is 1.86. The van der Waals surface area contributed by atoms with Crippen molar-refractivity contribution in [2.75, 3.05) is 12.8 Å². The summed E-state index contributed by atoms with van der Waals surface area (Å²) in [6.45, 7) is 0. The van der Waals surface area contributed by atoms with Crippen LogP contribution in [0.25, 0.3) is 0 Å². The number of nitrogens with two attached hydrogens (primary N) is 1. The Kier molecular flexibility index (Phi) is 2.86. The van der Waals surface area contributed by atoms with Crippen molar-refractivity contribution in [3.8, 4) is 17.5 Å². The van der Waals surface area contributed by atoms with Crippen LogP contribution in [0.3, 0.4) is 0 Å². The Hall–Kier alpha value is -2.30. The highest BCUT2D eigenvalue weighted by Gasteiger charge is 2.01. The molecule has 0 fully saturated rings. The van der Waals surface area contributed by atoms with Gasteiger partial charge >= 0.3 is 0 Å². The molecule has 0 aliphatic carbocycles. The van der Waals surface area contributed by atoms with Crippen molar-refractivity contribution in [1.29, 1.82) is 0 Å². The van der Waals surface area contributed by atoms with Crippen molar-refractivity contribution in [1.82, 2.24) is 9.97 Å². The van der Waals surface area contributed by atoms with Crippen LogP contribution in [0.4, 0.5) is 5.69 Å². The van der Waals surface area contributed by atoms with E-state index in [2.05, 4.69) is 9.97 Å². The third-order valence-corrected chi connectivity index (χ3v) is 1.91. The zero-order valence-corrected chi connectivity index (χ0v) is 8.75. The summed E-state index contributed by atoms with van der Waals surface area (Å²) in [7, 11) is 1.53. The van der Waals surface area contributed by atoms with E-state index in [0.29, 0.717) is 23.2 Å². The molecule has 0 saturated heterocycles. The Balaban J connectivity index is 2.20. The second kappa shape index (κ2) is 4.48. The maximum atomic E-state index is 5.63. The Morgan fingerprint density at radius 3 is 2.69 bits per heavy atom. The lowest BCUT2D eigenvalue weighted by molar-refractivity contribution is 0.388. The Morgan fingerprint density at radius 1 is 1.12 bits per heavy atom. The SMILES string of the molecule is COc1cc(Oc2cccc(N)c2)ncn1. The number of rotatable bonds is 3. The molecule has 0 aliphatic heterocycles. The maximum absolute atomic E-state index is 5.63. The molecular formula is C11H11N3O2. The molecule has 82 valence electrons. The quantitative estimate of drug-likeness (QED) is 0.794. The molecule has 0 radical (unpaired) electrons. The summed E-state index contributed by atoms with van der Waals surface area (Å²) >= 11 is 0. The normalized spacial score (nSPS) is 9.81. The Bertz CT molecular complexity index is 488. The molecule has 16 heavy (non-hydrogen) atoms. The van der Waals surface area contributed by atoms with Crippen LogP contribution in [-0.4, -0.2) is 17.1 Å². The summed E-state index contributed by atoms with van der Waals surface area (Å²) < 4.78 is 10.5. The first-order chi connectivity index (χ1) is 7.78. The highest BCUT2D eigenvalue weighted by atomic mass is 16.5. The minimum atomic E-state index is 0.414. The molecule has 2 rings (SSSR count). The van der Waals surface area contributed by atoms with E-state index in [1.807, 2.05) is 6.07 Å². The first-order valence-electron chi connectivity index (χ1n) is 4.67. The number of nitrogens with zero attached hydrogens (tertiary/aromatic N) is 2. The van der Waals surface area contributed by atoms with Crippen molar-refractivity contribution >= 4 is 5.69 Å². The fourth-order valence-corrected chi connectivity index (χ4v) is 1.19. The van der Waals surface area contributed by atoms with Gasteiger partial charge in [-0.1, -0.05) is 6.07 Å². The number of nitrogen functional groups attached to an aromatic ring is 1. The van der Waals surface area contributed by atoms with E-state index < -0.39 is 0 Å². The van der Waals surface area contributed by atoms with Crippen molar-refractivity contribution in [3.63, 3.8) is 0 Å². The third kappa shape index (κ3) is 2.38. The van der Waals surface area contributed by atoms with Crippen LogP contribution >= 0.6 is 0 Å². The fraction of sp³-hybridized carbons (Fsp3) is 0.0909. The molecule has 5 nitrogen and oxygen atoms in total. The smallest absolute Gasteiger partial charge is 0.226 e. The molecule has 0 unspecified atom stereocenters. The van der Waals surface area contributed by atoms with Crippen LogP contribution in [0, 0.1) is 0 Å². The Morgan fingerprint density at radius 2 is 1.94 bits per heavy atom. The molecule has 2 N–H and O–H groups in total. The number of aromatic nitrogens is 2. The lowest BCUT2D eigenvalue weighted by atomic mass is 10.3. The van der Waals surface area contributed by atoms with Gasteiger partial charge in [0.05, 0.1) is 13.2 Å². The second-order valence-electron chi connectivity index (χ2n) is 3.07. The Labute approximate surface area is 92.9 Å². The molecule has 2 aromatic rings. The van der Waals surface area contributed by atoms with Crippen molar-refractivity contribution < 1.29 is 9.47 Å². The van der Waals surface area contributed by atoms with E-state index in [1.54, 1.807) is 24.3 Å². The summed E-state index contributed by atoms with van der Waals surface area (Å²) in [5, 5.41) is 0. The van der Waals surface area contributed by atoms with Gasteiger partial charge in [-0.05, 0) is 12.1 Å². The summed E-state index contributed by atoms with van der Waals surface area (Å²) in [6, 6.07) is 8.71. The molecular weight excluding hydrogens is 206 g/mol. The fourth-order valence-electron chi connectivity index (χ4n) is 1.19. The lowest BCUT2D eigenvalue weighted by Gasteiger charge is -2.05. The zero-order valence-electron chi connectivity index (χ0n) is 8.75. The van der Waals surface area contributed by atoms with Crippen LogP contribution in [-0.2, 0) is 0 Å². The van der Waals surface area contributed by atoms with E-state index in [1.165, 1.54) is 13.4 Å². The molecule has 0 aliphatic rings. The van der Waals surface area contributed by atoms with E-state index in [9.17, 15) is 0 Å². The highest BCUT2D eigenvalue weighted by Crippen LogP contribution is 2.22. The number of hydrogen-bond donors (Lipinski definition) is 1. The summed E-state index contributed by atoms with van der Waals surface area (Å²) in [5.74, 6) is 1.49. The molecule has 0 spiro atoms. The molecule has 0 bridgehead atoms. The molecule has 5 heteroatoms. The van der Waals surface area contributed by atoms with Crippen molar-refractivity contribution in [3.05, 3.63) is 36.7 Å². The van der Waals surface area contributed by atoms with Gasteiger partial charge in [0.1, 0.15) is 12.1 Å². The van der Waals surface area contributed by atoms with Gasteiger partial charge in [0.15, 0.2) is 0 Å². The van der Waals surface area contributed by atoms with Crippen molar-refractivity contribution in [2.24, 2.45) is 0 Å². The molecule has 0 atom stereocenters. The first kappa shape index (κ1) is 10.2. The van der Waals surface area contributed by atoms with E-state index in [4.69, 9.17) is 15.2 Å². The predicted molar refractivity (Wildman–Crippen MR) is 59.5 cm³/mol. The van der Waals surface area contributed by atoms with Gasteiger partial charge < -0.3 is 15.2 Å². The van der Waals surface area contributed by atoms with Gasteiger partial charge in [0.25, 0.3) is 0 Å². The minimum Gasteiger partial charge on any atom is -0.481 e. The number of anilines is 1. The van der Waals surface area contributed by atoms with Gasteiger partial charge in [-0.15, -0.1) is 0 Å². The van der Waals surface area contributed by atoms with Crippen LogP contribution in [0.1, 0.15) is 0 Å². The number of hydrogen-bond acceptors (Lipinski definition) is 5. The van der Waals surface area contributed by atoms with E-state index in [0.717, 1.165) is 0 Å². The van der Waals surface area contributed by atoms with Gasteiger partial charge in [-0.2, -0.15) is 0 Å². The average Bonchev–Trinajstić information content (AvgIpc) is 2.29. The van der Waals surface area contributed by atoms with Crippen LogP contribution in [0.2, 0.25) is 0 Å². The monoisotopic (exact) mass is 217 g/mol. The molecule has 1 heterocycles. The van der Waals surface area contributed by atoms with Gasteiger partial charge in [0.2, 0.25) is 11.8 Å². The minimum absolute atomic E-state index is 0.414. The van der Waals surface area contributed by atoms with Gasteiger partial charge in [-0.25, -0.2) is 9.97 Å². The maximum Gasteiger partial charge on any atom is 0.226 e. The zero-order chi connectivity index (χ0) is 11.4. The summed E-state index contributed by atoms with van der Waals surface area (Å²) in [6.07, 6.45) is 1.38. The molecule has 1 aromatic heterocycles. The largest absolute Gasteiger partial charge is 0.481 e. The standard InChI is InChI=1S/C11H11N3O2/c1-15-10-6-11(14-7-13-10)16-9-4-2-3-8(12)5-9/h2-7H,12H2,1H3. The van der Waals surface area contributed by atoms with Crippen molar-refractivity contribution in [2.45, 2.75) is 0 Å². The molecule has 0 amide bonds. The summed E-state index contributed by atoms with van der Waals surface area (Å²) in [4.78, 5) is 7.84. The highest BCUT2D eigenvalue weighted by molar-refractivity contribution is 5.44. The van der Waals surface area contributed by atoms with E-state index in [-0.39, 0.29) is 0 Å². The lowest BCUT2D eigenvalue weighted by Crippen LogP contribution is -1.93. The van der Waals surface area contributed by atoms with Crippen LogP contribution < -0.4 is 15.2 Å².